The lowest BCUT2D eigenvalue weighted by molar-refractivity contribution is -0.123. The average Bonchev–Trinajstić information content (AvgIpc) is 3.33. The zero-order valence-electron chi connectivity index (χ0n) is 21.3. The highest BCUT2D eigenvalue weighted by Crippen LogP contribution is 2.38. The van der Waals surface area contributed by atoms with Crippen LogP contribution in [0, 0.1) is 0 Å². The van der Waals surface area contributed by atoms with Crippen molar-refractivity contribution in [2.45, 2.75) is 44.2 Å². The molecule has 1 aliphatic carbocycles. The van der Waals surface area contributed by atoms with Gasteiger partial charge in [-0.1, -0.05) is 43.5 Å². The van der Waals surface area contributed by atoms with Crippen LogP contribution in [0.15, 0.2) is 48.5 Å². The highest BCUT2D eigenvalue weighted by atomic mass is 32.1. The molecule has 1 fully saturated rings. The number of ether oxygens (including phenoxy) is 2. The molecule has 10 nitrogen and oxygen atoms in total. The first-order valence-corrected chi connectivity index (χ1v) is 13.1. The van der Waals surface area contributed by atoms with Crippen LogP contribution < -0.4 is 31.2 Å². The molecular weight excluding hydrogens is 506 g/mol. The molecule has 0 bridgehead atoms. The van der Waals surface area contributed by atoms with Crippen LogP contribution in [0.1, 0.15) is 63.9 Å². The van der Waals surface area contributed by atoms with Crippen molar-refractivity contribution in [2.75, 3.05) is 24.9 Å². The second kappa shape index (κ2) is 12.0. The second-order valence-electron chi connectivity index (χ2n) is 9.00. The van der Waals surface area contributed by atoms with E-state index in [-0.39, 0.29) is 28.2 Å². The minimum absolute atomic E-state index is 0.00144. The maximum atomic E-state index is 14.2. The molecule has 5 N–H and O–H groups in total. The van der Waals surface area contributed by atoms with Crippen LogP contribution in [0.2, 0.25) is 0 Å². The van der Waals surface area contributed by atoms with E-state index in [0.29, 0.717) is 22.7 Å². The van der Waals surface area contributed by atoms with E-state index in [9.17, 15) is 14.4 Å². The minimum Gasteiger partial charge on any atom is -0.497 e. The number of carbonyl (C=O) groups excluding carboxylic acids is 3. The predicted octanol–water partition coefficient (Wildman–Crippen LogP) is 3.68. The Kier molecular flexibility index (Phi) is 8.47. The molecule has 38 heavy (non-hydrogen) atoms. The summed E-state index contributed by atoms with van der Waals surface area (Å²) in [4.78, 5) is 41.4. The molecule has 11 heteroatoms. The maximum Gasteiger partial charge on any atom is 0.273 e. The zero-order chi connectivity index (χ0) is 27.2. The lowest BCUT2D eigenvalue weighted by atomic mass is 9.94. The summed E-state index contributed by atoms with van der Waals surface area (Å²) in [6, 6.07) is 12.7. The maximum absolute atomic E-state index is 14.2. The molecule has 1 aromatic heterocycles. The number of anilines is 2. The number of nitrogen functional groups attached to an aromatic ring is 1. The number of rotatable bonds is 9. The van der Waals surface area contributed by atoms with Gasteiger partial charge in [-0.2, -0.15) is 4.37 Å². The SMILES string of the molecule is COc1ccc([C@H](C(=O)NC2CCCCC2)N(C(=O)c2snc(C(N)=O)c2N)c2ccccc2OC)cc1. The number of nitrogens with one attached hydrogen (secondary N) is 1. The molecule has 0 aliphatic heterocycles. The molecule has 3 aromatic rings. The molecule has 3 amide bonds. The van der Waals surface area contributed by atoms with Gasteiger partial charge in [-0.25, -0.2) is 0 Å². The van der Waals surface area contributed by atoms with Gasteiger partial charge in [0.2, 0.25) is 5.91 Å². The smallest absolute Gasteiger partial charge is 0.273 e. The number of primary amides is 1. The Balaban J connectivity index is 1.87. The van der Waals surface area contributed by atoms with Crippen LogP contribution in [-0.2, 0) is 4.79 Å². The summed E-state index contributed by atoms with van der Waals surface area (Å²) in [5, 5.41) is 3.16. The van der Waals surface area contributed by atoms with Crippen molar-refractivity contribution >= 4 is 40.6 Å². The molecule has 0 radical (unpaired) electrons. The van der Waals surface area contributed by atoms with E-state index in [0.717, 1.165) is 43.6 Å². The summed E-state index contributed by atoms with van der Waals surface area (Å²) in [7, 11) is 3.04. The first-order chi connectivity index (χ1) is 18.3. The number of methoxy groups -OCH3 is 2. The summed E-state index contributed by atoms with van der Waals surface area (Å²) in [5.41, 5.74) is 12.1. The number of nitrogens with two attached hydrogens (primary N) is 2. The molecule has 0 saturated heterocycles. The van der Waals surface area contributed by atoms with E-state index in [4.69, 9.17) is 20.9 Å². The number of aromatic nitrogens is 1. The highest BCUT2D eigenvalue weighted by molar-refractivity contribution is 7.09. The van der Waals surface area contributed by atoms with Gasteiger partial charge >= 0.3 is 0 Å². The molecule has 1 atom stereocenters. The van der Waals surface area contributed by atoms with E-state index in [1.54, 1.807) is 55.6 Å². The fraction of sp³-hybridized carbons (Fsp3) is 0.333. The Morgan fingerprint density at radius 1 is 1.03 bits per heavy atom. The molecule has 1 heterocycles. The number of nitrogens with zero attached hydrogens (tertiary/aromatic N) is 2. The average molecular weight is 538 g/mol. The fourth-order valence-electron chi connectivity index (χ4n) is 4.66. The normalized spacial score (nSPS) is 14.4. The van der Waals surface area contributed by atoms with Gasteiger partial charge in [0.05, 0.1) is 25.6 Å². The number of amides is 3. The number of benzene rings is 2. The van der Waals surface area contributed by atoms with Crippen molar-refractivity contribution in [3.8, 4) is 11.5 Å². The van der Waals surface area contributed by atoms with Crippen molar-refractivity contribution in [3.63, 3.8) is 0 Å². The largest absolute Gasteiger partial charge is 0.497 e. The molecule has 0 unspecified atom stereocenters. The quantitative estimate of drug-likeness (QED) is 0.377. The fourth-order valence-corrected chi connectivity index (χ4v) is 5.41. The van der Waals surface area contributed by atoms with Crippen LogP contribution in [0.25, 0.3) is 0 Å². The van der Waals surface area contributed by atoms with Gasteiger partial charge in [0, 0.05) is 6.04 Å². The van der Waals surface area contributed by atoms with Crippen molar-refractivity contribution in [2.24, 2.45) is 5.73 Å². The van der Waals surface area contributed by atoms with Crippen LogP contribution in [0.5, 0.6) is 11.5 Å². The molecule has 0 spiro atoms. The number of hydrogen-bond acceptors (Lipinski definition) is 8. The summed E-state index contributed by atoms with van der Waals surface area (Å²) in [6.07, 6.45) is 4.93. The van der Waals surface area contributed by atoms with Crippen LogP contribution >= 0.6 is 11.5 Å². The van der Waals surface area contributed by atoms with E-state index >= 15 is 0 Å². The van der Waals surface area contributed by atoms with E-state index in [2.05, 4.69) is 9.69 Å². The third-order valence-corrected chi connectivity index (χ3v) is 7.46. The van der Waals surface area contributed by atoms with Gasteiger partial charge in [-0.3, -0.25) is 19.3 Å². The van der Waals surface area contributed by atoms with Gasteiger partial charge < -0.3 is 26.3 Å². The van der Waals surface area contributed by atoms with Gasteiger partial charge in [-0.05, 0) is 54.2 Å². The Labute approximate surface area is 225 Å². The summed E-state index contributed by atoms with van der Waals surface area (Å²) >= 11 is 0.756. The minimum atomic E-state index is -1.09. The van der Waals surface area contributed by atoms with Gasteiger partial charge in [0.15, 0.2) is 5.69 Å². The second-order valence-corrected chi connectivity index (χ2v) is 9.78. The van der Waals surface area contributed by atoms with Gasteiger partial charge in [-0.15, -0.1) is 0 Å². The number of hydrogen-bond donors (Lipinski definition) is 3. The molecular formula is C27H31N5O5S. The Bertz CT molecular complexity index is 1300. The van der Waals surface area contributed by atoms with Crippen molar-refractivity contribution in [3.05, 3.63) is 64.7 Å². The predicted molar refractivity (Wildman–Crippen MR) is 146 cm³/mol. The van der Waals surface area contributed by atoms with Crippen molar-refractivity contribution in [1.82, 2.24) is 9.69 Å². The first kappa shape index (κ1) is 26.9. The summed E-state index contributed by atoms with van der Waals surface area (Å²) in [5.74, 6) is -0.823. The van der Waals surface area contributed by atoms with Gasteiger partial charge in [0.25, 0.3) is 11.8 Å². The van der Waals surface area contributed by atoms with E-state index < -0.39 is 17.9 Å². The summed E-state index contributed by atoms with van der Waals surface area (Å²) in [6.45, 7) is 0. The zero-order valence-corrected chi connectivity index (χ0v) is 22.1. The Morgan fingerprint density at radius 3 is 2.32 bits per heavy atom. The van der Waals surface area contributed by atoms with Crippen molar-refractivity contribution < 1.29 is 23.9 Å². The Hall–Kier alpha value is -4.12. The van der Waals surface area contributed by atoms with Crippen LogP contribution in [-0.4, -0.2) is 42.4 Å². The Morgan fingerprint density at radius 2 is 1.71 bits per heavy atom. The van der Waals surface area contributed by atoms with Crippen molar-refractivity contribution in [1.29, 1.82) is 0 Å². The molecule has 1 aliphatic rings. The van der Waals surface area contributed by atoms with Crippen LogP contribution in [0.3, 0.4) is 0 Å². The molecule has 1 saturated carbocycles. The number of para-hydroxylation sites is 2. The van der Waals surface area contributed by atoms with Crippen LogP contribution in [0.4, 0.5) is 11.4 Å². The van der Waals surface area contributed by atoms with E-state index in [1.807, 2.05) is 0 Å². The van der Waals surface area contributed by atoms with E-state index in [1.165, 1.54) is 12.0 Å². The topological polar surface area (TPSA) is 150 Å². The summed E-state index contributed by atoms with van der Waals surface area (Å²) < 4.78 is 14.9. The third kappa shape index (κ3) is 5.57. The molecule has 200 valence electrons. The first-order valence-electron chi connectivity index (χ1n) is 12.3. The standard InChI is InChI=1S/C27H31N5O5S/c1-36-18-14-12-16(13-15-18)23(26(34)30-17-8-4-3-5-9-17)32(19-10-6-7-11-20(19)37-2)27(35)24-21(28)22(25(29)33)31-38-24/h6-7,10-15,17,23H,3-5,8-9,28H2,1-2H3,(H2,29,33)(H,30,34)/t23-/m1/s1. The highest BCUT2D eigenvalue weighted by Gasteiger charge is 2.38. The monoisotopic (exact) mass is 537 g/mol. The lowest BCUT2D eigenvalue weighted by Gasteiger charge is -2.34. The number of carbonyl (C=O) groups is 3. The molecule has 4 rings (SSSR count). The van der Waals surface area contributed by atoms with Gasteiger partial charge in [0.1, 0.15) is 22.4 Å². The molecule has 2 aromatic carbocycles. The third-order valence-electron chi connectivity index (χ3n) is 6.61. The lowest BCUT2D eigenvalue weighted by Crippen LogP contribution is -2.47.